The normalized spacial score (nSPS) is 17.5. The molecule has 1 aliphatic rings. The lowest BCUT2D eigenvalue weighted by atomic mass is 10.1. The Labute approximate surface area is 129 Å². The van der Waals surface area contributed by atoms with Gasteiger partial charge >= 0.3 is 6.03 Å². The van der Waals surface area contributed by atoms with E-state index in [1.54, 1.807) is 12.0 Å². The number of anilines is 1. The molecule has 0 spiro atoms. The van der Waals surface area contributed by atoms with E-state index in [1.165, 1.54) is 0 Å². The van der Waals surface area contributed by atoms with Gasteiger partial charge in [-0.1, -0.05) is 17.3 Å². The van der Waals surface area contributed by atoms with Crippen molar-refractivity contribution in [2.75, 3.05) is 19.0 Å². The maximum absolute atomic E-state index is 12.6. The zero-order valence-electron chi connectivity index (χ0n) is 12.7. The van der Waals surface area contributed by atoms with Crippen LogP contribution in [0, 0.1) is 6.92 Å². The minimum atomic E-state index is -0.146. The first-order chi connectivity index (χ1) is 10.7. The van der Waals surface area contributed by atoms with Crippen LogP contribution in [0.25, 0.3) is 0 Å². The van der Waals surface area contributed by atoms with Gasteiger partial charge in [0.15, 0.2) is 0 Å². The summed E-state index contributed by atoms with van der Waals surface area (Å²) in [4.78, 5) is 14.4. The molecule has 3 rings (SSSR count). The number of carbonyl (C=O) groups excluding carboxylic acids is 1. The number of hydrogen-bond acceptors (Lipinski definition) is 4. The van der Waals surface area contributed by atoms with Gasteiger partial charge in [-0.05, 0) is 31.9 Å². The van der Waals surface area contributed by atoms with Gasteiger partial charge < -0.3 is 19.5 Å². The van der Waals surface area contributed by atoms with Gasteiger partial charge in [0, 0.05) is 12.6 Å². The van der Waals surface area contributed by atoms with Crippen molar-refractivity contribution in [3.05, 3.63) is 41.8 Å². The number of benzene rings is 1. The fourth-order valence-corrected chi connectivity index (χ4v) is 2.79. The molecule has 2 heterocycles. The lowest BCUT2D eigenvalue weighted by molar-refractivity contribution is 0.204. The number of hydrogen-bond donors (Lipinski definition) is 1. The third-order valence-electron chi connectivity index (χ3n) is 3.85. The second kappa shape index (κ2) is 6.09. The molecule has 1 atom stereocenters. The van der Waals surface area contributed by atoms with E-state index in [0.717, 1.165) is 24.3 Å². The summed E-state index contributed by atoms with van der Waals surface area (Å²) in [6, 6.07) is 9.07. The Morgan fingerprint density at radius 1 is 1.45 bits per heavy atom. The van der Waals surface area contributed by atoms with E-state index in [9.17, 15) is 4.79 Å². The summed E-state index contributed by atoms with van der Waals surface area (Å²) >= 11 is 0. The molecule has 0 aliphatic carbocycles. The standard InChI is InChI=1S/C16H19N3O3/c1-11-10-13(18-22-11)14-7-5-9-19(14)16(20)17-12-6-3-4-8-15(12)21-2/h3-4,6,8,10,14H,5,7,9H2,1-2H3,(H,17,20)/t14-/m1/s1. The predicted molar refractivity (Wildman–Crippen MR) is 81.9 cm³/mol. The van der Waals surface area contributed by atoms with Gasteiger partial charge in [-0.15, -0.1) is 0 Å². The highest BCUT2D eigenvalue weighted by atomic mass is 16.5. The van der Waals surface area contributed by atoms with E-state index >= 15 is 0 Å². The van der Waals surface area contributed by atoms with Crippen molar-refractivity contribution in [2.45, 2.75) is 25.8 Å². The summed E-state index contributed by atoms with van der Waals surface area (Å²) in [5, 5.41) is 6.96. The van der Waals surface area contributed by atoms with E-state index < -0.39 is 0 Å². The van der Waals surface area contributed by atoms with Crippen molar-refractivity contribution in [2.24, 2.45) is 0 Å². The molecule has 1 aliphatic heterocycles. The zero-order valence-corrected chi connectivity index (χ0v) is 12.7. The summed E-state index contributed by atoms with van der Waals surface area (Å²) in [6.45, 7) is 2.56. The highest BCUT2D eigenvalue weighted by molar-refractivity contribution is 5.91. The second-order valence-electron chi connectivity index (χ2n) is 5.34. The molecule has 1 aromatic heterocycles. The SMILES string of the molecule is COc1ccccc1NC(=O)N1CCC[C@@H]1c1cc(C)on1. The first-order valence-electron chi connectivity index (χ1n) is 7.33. The summed E-state index contributed by atoms with van der Waals surface area (Å²) in [6.07, 6.45) is 1.85. The minimum Gasteiger partial charge on any atom is -0.495 e. The smallest absolute Gasteiger partial charge is 0.322 e. The van der Waals surface area contributed by atoms with Crippen molar-refractivity contribution in [3.8, 4) is 5.75 Å². The monoisotopic (exact) mass is 301 g/mol. The molecule has 116 valence electrons. The average molecular weight is 301 g/mol. The molecular formula is C16H19N3O3. The van der Waals surface area contributed by atoms with Crippen LogP contribution in [-0.4, -0.2) is 29.7 Å². The van der Waals surface area contributed by atoms with Crippen LogP contribution in [0.4, 0.5) is 10.5 Å². The number of amides is 2. The first-order valence-corrected chi connectivity index (χ1v) is 7.33. The number of nitrogens with zero attached hydrogens (tertiary/aromatic N) is 2. The Morgan fingerprint density at radius 3 is 3.00 bits per heavy atom. The van der Waals surface area contributed by atoms with E-state index in [2.05, 4.69) is 10.5 Å². The lowest BCUT2D eigenvalue weighted by Gasteiger charge is -2.23. The van der Waals surface area contributed by atoms with Crippen molar-refractivity contribution < 1.29 is 14.1 Å². The molecule has 2 amide bonds. The van der Waals surface area contributed by atoms with Gasteiger partial charge in [0.05, 0.1) is 18.8 Å². The molecule has 1 N–H and O–H groups in total. The molecule has 0 unspecified atom stereocenters. The van der Waals surface area contributed by atoms with Crippen LogP contribution in [0.1, 0.15) is 30.3 Å². The van der Waals surface area contributed by atoms with Gasteiger partial charge in [0.25, 0.3) is 0 Å². The number of methoxy groups -OCH3 is 1. The van der Waals surface area contributed by atoms with Crippen molar-refractivity contribution in [3.63, 3.8) is 0 Å². The first kappa shape index (κ1) is 14.4. The Bertz CT molecular complexity index is 668. The number of carbonyl (C=O) groups is 1. The highest BCUT2D eigenvalue weighted by Gasteiger charge is 2.32. The Hall–Kier alpha value is -2.50. The number of aryl methyl sites for hydroxylation is 1. The molecule has 1 aromatic carbocycles. The van der Waals surface area contributed by atoms with Crippen LogP contribution >= 0.6 is 0 Å². The van der Waals surface area contributed by atoms with Crippen LogP contribution in [0.2, 0.25) is 0 Å². The van der Waals surface area contributed by atoms with Gasteiger partial charge in [0.1, 0.15) is 17.2 Å². The highest BCUT2D eigenvalue weighted by Crippen LogP contribution is 2.32. The third-order valence-corrected chi connectivity index (χ3v) is 3.85. The summed E-state index contributed by atoms with van der Waals surface area (Å²) < 4.78 is 10.4. The molecule has 0 saturated carbocycles. The summed E-state index contributed by atoms with van der Waals surface area (Å²) in [5.74, 6) is 1.40. The molecule has 6 heteroatoms. The molecule has 0 radical (unpaired) electrons. The van der Waals surface area contributed by atoms with Crippen molar-refractivity contribution in [1.82, 2.24) is 10.1 Å². The molecule has 6 nitrogen and oxygen atoms in total. The van der Waals surface area contributed by atoms with Crippen LogP contribution in [0.3, 0.4) is 0 Å². The number of para-hydroxylation sites is 2. The lowest BCUT2D eigenvalue weighted by Crippen LogP contribution is -2.34. The predicted octanol–water partition coefficient (Wildman–Crippen LogP) is 3.36. The minimum absolute atomic E-state index is 0.0350. The number of likely N-dealkylation sites (tertiary alicyclic amines) is 1. The van der Waals surface area contributed by atoms with E-state index in [4.69, 9.17) is 9.26 Å². The van der Waals surface area contributed by atoms with Gasteiger partial charge in [-0.2, -0.15) is 0 Å². The van der Waals surface area contributed by atoms with Crippen LogP contribution in [-0.2, 0) is 0 Å². The number of rotatable bonds is 3. The largest absolute Gasteiger partial charge is 0.495 e. The van der Waals surface area contributed by atoms with Crippen LogP contribution in [0.5, 0.6) is 5.75 Å². The van der Waals surface area contributed by atoms with Gasteiger partial charge in [0.2, 0.25) is 0 Å². The molecule has 1 saturated heterocycles. The van der Waals surface area contributed by atoms with E-state index in [1.807, 2.05) is 37.3 Å². The van der Waals surface area contributed by atoms with E-state index in [-0.39, 0.29) is 12.1 Å². The zero-order chi connectivity index (χ0) is 15.5. The van der Waals surface area contributed by atoms with Crippen LogP contribution < -0.4 is 10.1 Å². The fourth-order valence-electron chi connectivity index (χ4n) is 2.79. The number of ether oxygens (including phenoxy) is 1. The maximum Gasteiger partial charge on any atom is 0.322 e. The summed E-state index contributed by atoms with van der Waals surface area (Å²) in [5.41, 5.74) is 1.47. The average Bonchev–Trinajstić information content (AvgIpc) is 3.16. The topological polar surface area (TPSA) is 67.6 Å². The molecule has 22 heavy (non-hydrogen) atoms. The molecule has 0 bridgehead atoms. The van der Waals surface area contributed by atoms with Crippen molar-refractivity contribution >= 4 is 11.7 Å². The van der Waals surface area contributed by atoms with Gasteiger partial charge in [-0.25, -0.2) is 4.79 Å². The fraction of sp³-hybridized carbons (Fsp3) is 0.375. The number of nitrogens with one attached hydrogen (secondary N) is 1. The van der Waals surface area contributed by atoms with Gasteiger partial charge in [-0.3, -0.25) is 0 Å². The molecule has 1 fully saturated rings. The van der Waals surface area contributed by atoms with Crippen molar-refractivity contribution in [1.29, 1.82) is 0 Å². The number of urea groups is 1. The van der Waals surface area contributed by atoms with E-state index in [0.29, 0.717) is 18.0 Å². The molecular weight excluding hydrogens is 282 g/mol. The number of aromatic nitrogens is 1. The summed E-state index contributed by atoms with van der Waals surface area (Å²) in [7, 11) is 1.59. The Balaban J connectivity index is 1.76. The Kier molecular flexibility index (Phi) is 4.00. The third kappa shape index (κ3) is 2.77. The van der Waals surface area contributed by atoms with Crippen LogP contribution in [0.15, 0.2) is 34.9 Å². The molecule has 2 aromatic rings. The second-order valence-corrected chi connectivity index (χ2v) is 5.34. The Morgan fingerprint density at radius 2 is 2.27 bits per heavy atom. The quantitative estimate of drug-likeness (QED) is 0.944. The maximum atomic E-state index is 12.6.